The summed E-state index contributed by atoms with van der Waals surface area (Å²) in [6.07, 6.45) is -0.671. The third kappa shape index (κ3) is 2.69. The normalized spacial score (nSPS) is 13.3. The minimum atomic E-state index is -0.671. The maximum atomic E-state index is 13.1. The summed E-state index contributed by atoms with van der Waals surface area (Å²) in [6, 6.07) is 14.4. The number of rotatable bonds is 3. The Labute approximate surface area is 113 Å². The van der Waals surface area contributed by atoms with Crippen LogP contribution in [-0.2, 0) is 5.41 Å². The largest absolute Gasteiger partial charge is 0.387 e. The fourth-order valence-electron chi connectivity index (χ4n) is 2.36. The summed E-state index contributed by atoms with van der Waals surface area (Å²) in [6.45, 7) is 5.81. The first-order valence-corrected chi connectivity index (χ1v) is 6.42. The van der Waals surface area contributed by atoms with E-state index >= 15 is 0 Å². The number of halogens is 1. The van der Waals surface area contributed by atoms with Crippen LogP contribution in [-0.4, -0.2) is 5.11 Å². The van der Waals surface area contributed by atoms with E-state index in [1.165, 1.54) is 12.1 Å². The van der Waals surface area contributed by atoms with E-state index in [0.29, 0.717) is 0 Å². The van der Waals surface area contributed by atoms with Gasteiger partial charge in [0.25, 0.3) is 0 Å². The lowest BCUT2D eigenvalue weighted by atomic mass is 9.76. The van der Waals surface area contributed by atoms with Gasteiger partial charge in [-0.3, -0.25) is 0 Å². The number of aliphatic hydroxyl groups is 1. The molecule has 0 bridgehead atoms. The molecule has 2 aromatic rings. The molecule has 1 unspecified atom stereocenters. The van der Waals surface area contributed by atoms with Gasteiger partial charge in [0.2, 0.25) is 0 Å². The van der Waals surface area contributed by atoms with Crippen molar-refractivity contribution in [2.75, 3.05) is 0 Å². The highest BCUT2D eigenvalue weighted by molar-refractivity contribution is 5.34. The first-order chi connectivity index (χ1) is 8.93. The van der Waals surface area contributed by atoms with Crippen LogP contribution in [0.4, 0.5) is 4.39 Å². The van der Waals surface area contributed by atoms with Crippen molar-refractivity contribution < 1.29 is 9.50 Å². The summed E-state index contributed by atoms with van der Waals surface area (Å²) in [5.74, 6) is -0.272. The molecule has 0 aliphatic heterocycles. The minimum Gasteiger partial charge on any atom is -0.387 e. The third-order valence-corrected chi connectivity index (χ3v) is 3.73. The molecule has 0 aliphatic rings. The Balaban J connectivity index is 2.40. The number of hydrogen-bond donors (Lipinski definition) is 1. The van der Waals surface area contributed by atoms with Gasteiger partial charge in [0.1, 0.15) is 5.82 Å². The van der Waals surface area contributed by atoms with E-state index in [1.807, 2.05) is 51.1 Å². The predicted octanol–water partition coefficient (Wildman–Crippen LogP) is 4.15. The average molecular weight is 258 g/mol. The highest BCUT2D eigenvalue weighted by Crippen LogP contribution is 2.37. The number of benzene rings is 2. The van der Waals surface area contributed by atoms with Gasteiger partial charge in [-0.2, -0.15) is 0 Å². The zero-order chi connectivity index (χ0) is 14.0. The number of aryl methyl sites for hydroxylation is 1. The molecule has 19 heavy (non-hydrogen) atoms. The fourth-order valence-corrected chi connectivity index (χ4v) is 2.36. The van der Waals surface area contributed by atoms with Gasteiger partial charge in [-0.05, 0) is 35.7 Å². The SMILES string of the molecule is Cc1cc(F)ccc1C(O)C(C)(C)c1ccccc1. The van der Waals surface area contributed by atoms with Crippen LogP contribution in [0.2, 0.25) is 0 Å². The second-order valence-electron chi connectivity index (χ2n) is 5.49. The van der Waals surface area contributed by atoms with Crippen molar-refractivity contribution in [3.05, 3.63) is 71.0 Å². The quantitative estimate of drug-likeness (QED) is 0.877. The minimum absolute atomic E-state index is 0.272. The van der Waals surface area contributed by atoms with Crippen molar-refractivity contribution in [2.45, 2.75) is 32.3 Å². The molecule has 0 aliphatic carbocycles. The highest BCUT2D eigenvalue weighted by atomic mass is 19.1. The molecule has 2 heteroatoms. The van der Waals surface area contributed by atoms with Crippen molar-refractivity contribution in [3.8, 4) is 0 Å². The second kappa shape index (κ2) is 5.14. The van der Waals surface area contributed by atoms with E-state index in [9.17, 15) is 9.50 Å². The Morgan fingerprint density at radius 3 is 2.26 bits per heavy atom. The van der Waals surface area contributed by atoms with Crippen LogP contribution in [0.25, 0.3) is 0 Å². The summed E-state index contributed by atoms with van der Waals surface area (Å²) in [4.78, 5) is 0. The Hall–Kier alpha value is -1.67. The maximum absolute atomic E-state index is 13.1. The molecule has 2 aromatic carbocycles. The number of hydrogen-bond acceptors (Lipinski definition) is 1. The highest BCUT2D eigenvalue weighted by Gasteiger charge is 2.31. The van der Waals surface area contributed by atoms with Crippen molar-refractivity contribution in [3.63, 3.8) is 0 Å². The van der Waals surface area contributed by atoms with Gasteiger partial charge in [-0.15, -0.1) is 0 Å². The fraction of sp³-hybridized carbons (Fsp3) is 0.294. The van der Waals surface area contributed by atoms with E-state index in [4.69, 9.17) is 0 Å². The molecular weight excluding hydrogens is 239 g/mol. The molecule has 0 amide bonds. The molecular formula is C17H19FO. The predicted molar refractivity (Wildman–Crippen MR) is 75.6 cm³/mol. The zero-order valence-electron chi connectivity index (χ0n) is 11.5. The van der Waals surface area contributed by atoms with Gasteiger partial charge in [0.05, 0.1) is 6.10 Å². The van der Waals surface area contributed by atoms with Gasteiger partial charge >= 0.3 is 0 Å². The van der Waals surface area contributed by atoms with Crippen LogP contribution in [0.1, 0.15) is 36.6 Å². The van der Waals surface area contributed by atoms with Gasteiger partial charge in [-0.1, -0.05) is 50.2 Å². The van der Waals surface area contributed by atoms with E-state index in [0.717, 1.165) is 16.7 Å². The van der Waals surface area contributed by atoms with Crippen molar-refractivity contribution in [2.24, 2.45) is 0 Å². The molecule has 2 rings (SSSR count). The Kier molecular flexibility index (Phi) is 3.72. The first kappa shape index (κ1) is 13.8. The standard InChI is InChI=1S/C17H19FO/c1-12-11-14(18)9-10-15(12)16(19)17(2,3)13-7-5-4-6-8-13/h4-11,16,19H,1-3H3. The summed E-state index contributed by atoms with van der Waals surface area (Å²) < 4.78 is 13.1. The monoisotopic (exact) mass is 258 g/mol. The lowest BCUT2D eigenvalue weighted by Crippen LogP contribution is -2.27. The summed E-state index contributed by atoms with van der Waals surface area (Å²) in [5.41, 5.74) is 2.18. The smallest absolute Gasteiger partial charge is 0.123 e. The van der Waals surface area contributed by atoms with E-state index in [2.05, 4.69) is 0 Å². The molecule has 0 radical (unpaired) electrons. The summed E-state index contributed by atoms with van der Waals surface area (Å²) in [7, 11) is 0. The van der Waals surface area contributed by atoms with Gasteiger partial charge < -0.3 is 5.11 Å². The average Bonchev–Trinajstić information content (AvgIpc) is 2.39. The molecule has 0 fully saturated rings. The lowest BCUT2D eigenvalue weighted by molar-refractivity contribution is 0.0996. The second-order valence-corrected chi connectivity index (χ2v) is 5.49. The molecule has 100 valence electrons. The van der Waals surface area contributed by atoms with Crippen molar-refractivity contribution in [1.82, 2.24) is 0 Å². The van der Waals surface area contributed by atoms with Crippen LogP contribution in [0.3, 0.4) is 0 Å². The number of aliphatic hydroxyl groups excluding tert-OH is 1. The van der Waals surface area contributed by atoms with E-state index < -0.39 is 11.5 Å². The van der Waals surface area contributed by atoms with Gasteiger partial charge in [-0.25, -0.2) is 4.39 Å². The summed E-state index contributed by atoms with van der Waals surface area (Å²) in [5, 5.41) is 10.7. The Bertz CT molecular complexity index is 561. The molecule has 1 N–H and O–H groups in total. The van der Waals surface area contributed by atoms with Crippen LogP contribution >= 0.6 is 0 Å². The molecule has 1 atom stereocenters. The molecule has 0 saturated carbocycles. The first-order valence-electron chi connectivity index (χ1n) is 6.42. The van der Waals surface area contributed by atoms with E-state index in [-0.39, 0.29) is 5.82 Å². The van der Waals surface area contributed by atoms with Crippen molar-refractivity contribution in [1.29, 1.82) is 0 Å². The Morgan fingerprint density at radius 2 is 1.68 bits per heavy atom. The van der Waals surface area contributed by atoms with E-state index in [1.54, 1.807) is 6.07 Å². The molecule has 1 nitrogen and oxygen atoms in total. The molecule has 0 aromatic heterocycles. The molecule has 0 heterocycles. The summed E-state index contributed by atoms with van der Waals surface area (Å²) >= 11 is 0. The molecule has 0 saturated heterocycles. The maximum Gasteiger partial charge on any atom is 0.123 e. The third-order valence-electron chi connectivity index (χ3n) is 3.73. The van der Waals surface area contributed by atoms with Gasteiger partial charge in [0.15, 0.2) is 0 Å². The lowest BCUT2D eigenvalue weighted by Gasteiger charge is -2.32. The zero-order valence-corrected chi connectivity index (χ0v) is 11.5. The molecule has 0 spiro atoms. The Morgan fingerprint density at radius 1 is 1.05 bits per heavy atom. The van der Waals surface area contributed by atoms with Crippen LogP contribution in [0, 0.1) is 12.7 Å². The topological polar surface area (TPSA) is 20.2 Å². The van der Waals surface area contributed by atoms with Crippen LogP contribution in [0.5, 0.6) is 0 Å². The van der Waals surface area contributed by atoms with Crippen LogP contribution in [0.15, 0.2) is 48.5 Å². The van der Waals surface area contributed by atoms with Gasteiger partial charge in [0, 0.05) is 5.41 Å². The van der Waals surface area contributed by atoms with Crippen LogP contribution < -0.4 is 0 Å². The van der Waals surface area contributed by atoms with Crippen molar-refractivity contribution >= 4 is 0 Å².